The second-order valence-corrected chi connectivity index (χ2v) is 15.9. The van der Waals surface area contributed by atoms with E-state index in [1.165, 1.54) is 59.2 Å². The third-order valence-corrected chi connectivity index (χ3v) is 12.4. The van der Waals surface area contributed by atoms with E-state index in [1.807, 2.05) is 30.3 Å². The van der Waals surface area contributed by atoms with Crippen LogP contribution in [0, 0.1) is 0 Å². The van der Waals surface area contributed by atoms with E-state index in [2.05, 4.69) is 170 Å². The minimum atomic E-state index is 0.588. The first-order chi connectivity index (χ1) is 30.2. The quantitative estimate of drug-likeness (QED) is 0.163. The van der Waals surface area contributed by atoms with Crippen molar-refractivity contribution < 1.29 is 4.42 Å². The topological polar surface area (TPSA) is 51.8 Å². The zero-order valence-corrected chi connectivity index (χ0v) is 32.8. The molecule has 0 bridgehead atoms. The molecule has 13 rings (SSSR count). The molecule has 0 aliphatic rings. The summed E-state index contributed by atoms with van der Waals surface area (Å²) in [5.74, 6) is 2.60. The number of benzene rings is 10. The number of hydrogen-bond acceptors (Lipinski definition) is 4. The summed E-state index contributed by atoms with van der Waals surface area (Å²) < 4.78 is 6.33. The van der Waals surface area contributed by atoms with Crippen molar-refractivity contribution in [2.75, 3.05) is 0 Å². The summed E-state index contributed by atoms with van der Waals surface area (Å²) in [6.07, 6.45) is 0. The van der Waals surface area contributed by atoms with Crippen molar-refractivity contribution in [2.45, 2.75) is 0 Å². The molecule has 0 spiro atoms. The summed E-state index contributed by atoms with van der Waals surface area (Å²) in [5.41, 5.74) is 6.70. The molecule has 0 aliphatic heterocycles. The number of para-hydroxylation sites is 1. The molecule has 13 aromatic rings. The fraction of sp³-hybridized carbons (Fsp3) is 0. The molecule has 0 N–H and O–H groups in total. The molecule has 11 aromatic carbocycles. The first-order valence-corrected chi connectivity index (χ1v) is 20.7. The van der Waals surface area contributed by atoms with E-state index in [9.17, 15) is 0 Å². The first-order valence-electron chi connectivity index (χ1n) is 20.7. The molecule has 0 aliphatic carbocycles. The molecule has 0 unspecified atom stereocenters. The van der Waals surface area contributed by atoms with E-state index in [0.717, 1.165) is 55.5 Å². The average Bonchev–Trinajstić information content (AvgIpc) is 3.77. The van der Waals surface area contributed by atoms with Gasteiger partial charge in [-0.1, -0.05) is 170 Å². The fourth-order valence-electron chi connectivity index (χ4n) is 9.65. The van der Waals surface area contributed by atoms with Crippen LogP contribution in [0.4, 0.5) is 0 Å². The maximum absolute atomic E-state index is 6.33. The lowest BCUT2D eigenvalue weighted by molar-refractivity contribution is 0.631. The highest BCUT2D eigenvalue weighted by atomic mass is 16.3. The molecule has 2 aromatic heterocycles. The Kier molecular flexibility index (Phi) is 7.27. The SMILES string of the molecule is c1ccc(-c2ccccc2-c2nc(-c3cccc(-c4cc5ccccc5o4)c3)nc(-c3cc4ccc5cccc6c7cccc8ccc9cccc(c(c3)c4c56)c9c87)n2)cc1. The number of furan rings is 1. The molecule has 2 heterocycles. The number of nitrogens with zero attached hydrogens (tertiary/aromatic N) is 3. The predicted molar refractivity (Wildman–Crippen MR) is 253 cm³/mol. The largest absolute Gasteiger partial charge is 0.456 e. The van der Waals surface area contributed by atoms with Crippen LogP contribution in [-0.2, 0) is 0 Å². The van der Waals surface area contributed by atoms with E-state index in [-0.39, 0.29) is 0 Å². The maximum atomic E-state index is 6.33. The van der Waals surface area contributed by atoms with Crippen molar-refractivity contribution in [2.24, 2.45) is 0 Å². The zero-order chi connectivity index (χ0) is 40.0. The molecule has 0 fully saturated rings. The maximum Gasteiger partial charge on any atom is 0.164 e. The Morgan fingerprint density at radius 3 is 1.49 bits per heavy atom. The van der Waals surface area contributed by atoms with Gasteiger partial charge in [0.05, 0.1) is 0 Å². The molecule has 0 saturated heterocycles. The van der Waals surface area contributed by atoms with Crippen LogP contribution in [0.3, 0.4) is 0 Å². The van der Waals surface area contributed by atoms with Gasteiger partial charge in [-0.3, -0.25) is 0 Å². The second-order valence-electron chi connectivity index (χ2n) is 15.9. The van der Waals surface area contributed by atoms with Gasteiger partial charge >= 0.3 is 0 Å². The van der Waals surface area contributed by atoms with Gasteiger partial charge in [0.25, 0.3) is 0 Å². The number of aromatic nitrogens is 3. The van der Waals surface area contributed by atoms with Gasteiger partial charge in [-0.2, -0.15) is 0 Å². The van der Waals surface area contributed by atoms with Crippen LogP contribution in [0.15, 0.2) is 205 Å². The molecular weight excluding hydrogens is 743 g/mol. The molecule has 0 saturated carbocycles. The summed E-state index contributed by atoms with van der Waals surface area (Å²) in [6, 6.07) is 71.1. The van der Waals surface area contributed by atoms with Crippen molar-refractivity contribution >= 4 is 75.6 Å². The van der Waals surface area contributed by atoms with Gasteiger partial charge in [-0.25, -0.2) is 15.0 Å². The van der Waals surface area contributed by atoms with Crippen LogP contribution in [0.5, 0.6) is 0 Å². The third-order valence-electron chi connectivity index (χ3n) is 12.4. The Morgan fingerprint density at radius 1 is 0.279 bits per heavy atom. The molecular formula is C57H33N3O. The Morgan fingerprint density at radius 2 is 0.787 bits per heavy atom. The lowest BCUT2D eigenvalue weighted by Gasteiger charge is -2.17. The van der Waals surface area contributed by atoms with Crippen LogP contribution in [0.2, 0.25) is 0 Å². The van der Waals surface area contributed by atoms with Crippen molar-refractivity contribution in [3.05, 3.63) is 200 Å². The Bertz CT molecular complexity index is 3850. The molecule has 282 valence electrons. The van der Waals surface area contributed by atoms with Crippen molar-refractivity contribution in [1.82, 2.24) is 15.0 Å². The third kappa shape index (κ3) is 5.29. The van der Waals surface area contributed by atoms with Crippen LogP contribution < -0.4 is 0 Å². The average molecular weight is 776 g/mol. The molecule has 0 atom stereocenters. The van der Waals surface area contributed by atoms with Crippen molar-refractivity contribution in [3.63, 3.8) is 0 Å². The highest BCUT2D eigenvalue weighted by molar-refractivity contribution is 6.37. The van der Waals surface area contributed by atoms with Crippen LogP contribution in [0.1, 0.15) is 0 Å². The Labute approximate surface area is 350 Å². The lowest BCUT2D eigenvalue weighted by atomic mass is 9.87. The smallest absolute Gasteiger partial charge is 0.164 e. The Balaban J connectivity index is 1.11. The van der Waals surface area contributed by atoms with Gasteiger partial charge < -0.3 is 4.42 Å². The molecule has 0 amide bonds. The second kappa shape index (κ2) is 13.2. The summed E-state index contributed by atoms with van der Waals surface area (Å²) >= 11 is 0. The number of rotatable bonds is 5. The number of fused-ring (bicyclic) bond motifs is 3. The summed E-state index contributed by atoms with van der Waals surface area (Å²) in [5, 5.41) is 15.8. The highest BCUT2D eigenvalue weighted by Gasteiger charge is 2.20. The summed E-state index contributed by atoms with van der Waals surface area (Å²) in [4.78, 5) is 16.0. The van der Waals surface area contributed by atoms with E-state index in [4.69, 9.17) is 19.4 Å². The van der Waals surface area contributed by atoms with Crippen molar-refractivity contribution in [3.8, 4) is 56.6 Å². The van der Waals surface area contributed by atoms with Crippen LogP contribution >= 0.6 is 0 Å². The monoisotopic (exact) mass is 775 g/mol. The van der Waals surface area contributed by atoms with E-state index >= 15 is 0 Å². The normalized spacial score (nSPS) is 11.9. The van der Waals surface area contributed by atoms with Gasteiger partial charge in [0.15, 0.2) is 17.5 Å². The van der Waals surface area contributed by atoms with Gasteiger partial charge in [-0.05, 0) is 106 Å². The highest BCUT2D eigenvalue weighted by Crippen LogP contribution is 2.44. The summed E-state index contributed by atoms with van der Waals surface area (Å²) in [6.45, 7) is 0. The molecule has 4 nitrogen and oxygen atoms in total. The molecule has 0 radical (unpaired) electrons. The molecule has 61 heavy (non-hydrogen) atoms. The van der Waals surface area contributed by atoms with E-state index in [0.29, 0.717) is 17.5 Å². The predicted octanol–water partition coefficient (Wildman–Crippen LogP) is 15.3. The van der Waals surface area contributed by atoms with Gasteiger partial charge in [0.1, 0.15) is 11.3 Å². The van der Waals surface area contributed by atoms with Gasteiger partial charge in [0, 0.05) is 27.6 Å². The fourth-order valence-corrected chi connectivity index (χ4v) is 9.65. The van der Waals surface area contributed by atoms with Crippen LogP contribution in [0.25, 0.3) is 132 Å². The van der Waals surface area contributed by atoms with Gasteiger partial charge in [-0.15, -0.1) is 0 Å². The Hall–Kier alpha value is -8.21. The lowest BCUT2D eigenvalue weighted by Crippen LogP contribution is -2.01. The number of hydrogen-bond donors (Lipinski definition) is 0. The van der Waals surface area contributed by atoms with Gasteiger partial charge in [0.2, 0.25) is 0 Å². The zero-order valence-electron chi connectivity index (χ0n) is 32.8. The summed E-state index contributed by atoms with van der Waals surface area (Å²) in [7, 11) is 0. The van der Waals surface area contributed by atoms with Crippen molar-refractivity contribution in [1.29, 1.82) is 0 Å². The first kappa shape index (κ1) is 33.7. The minimum Gasteiger partial charge on any atom is -0.456 e. The van der Waals surface area contributed by atoms with E-state index in [1.54, 1.807) is 0 Å². The van der Waals surface area contributed by atoms with Crippen LogP contribution in [-0.4, -0.2) is 15.0 Å². The minimum absolute atomic E-state index is 0.588. The standard InChI is InChI=1S/C57H33N3O/c1-2-12-34(13-3-1)43-20-5-6-21-47(43)57-59-55(41-19-8-18-38(30-41)50-33-39-14-4-7-25-49(39)61-50)58-56(60-57)42-31-40-29-28-37-16-10-23-45-44-22-9-15-35-26-27-36-17-11-24-46(53(36)51(35)44)48(32-42)54(40)52(37)45/h1-33H. The molecule has 4 heteroatoms. The van der Waals surface area contributed by atoms with E-state index < -0.39 is 0 Å².